The van der Waals surface area contributed by atoms with Gasteiger partial charge in [-0.1, -0.05) is 18.2 Å². The minimum Gasteiger partial charge on any atom is -0.606 e. The van der Waals surface area contributed by atoms with Gasteiger partial charge >= 0.3 is 0 Å². The van der Waals surface area contributed by atoms with Crippen LogP contribution in [0.15, 0.2) is 58.3 Å². The van der Waals surface area contributed by atoms with E-state index in [4.69, 9.17) is 4.74 Å². The Kier molecular flexibility index (Phi) is 3.56. The number of ether oxygens (including phenoxy) is 1. The average molecular weight is 248 g/mol. The Labute approximate surface area is 103 Å². The third-order valence-electron chi connectivity index (χ3n) is 2.30. The van der Waals surface area contributed by atoms with Crippen LogP contribution in [-0.4, -0.2) is 16.8 Å². The molecule has 0 bridgehead atoms. The molecule has 0 aliphatic carbocycles. The Balaban J connectivity index is 2.43. The zero-order valence-electron chi connectivity index (χ0n) is 9.29. The van der Waals surface area contributed by atoms with Crippen LogP contribution in [0.1, 0.15) is 0 Å². The van der Waals surface area contributed by atoms with Gasteiger partial charge in [0.05, 0.1) is 7.11 Å². The highest BCUT2D eigenvalue weighted by Gasteiger charge is 2.20. The normalized spacial score (nSPS) is 12.1. The van der Waals surface area contributed by atoms with Gasteiger partial charge in [-0.05, 0) is 24.3 Å². The largest absolute Gasteiger partial charge is 0.606 e. The highest BCUT2D eigenvalue weighted by molar-refractivity contribution is 7.91. The lowest BCUT2D eigenvalue weighted by Gasteiger charge is -2.12. The standard InChI is InChI=1S/C13H12O3S/c1-16-12-8-7-10(14)9-13(12)17(15)11-5-3-2-4-6-11/h2-9,14H,1H3. The maximum Gasteiger partial charge on any atom is 0.204 e. The molecule has 0 saturated heterocycles. The molecule has 88 valence electrons. The second kappa shape index (κ2) is 5.12. The number of hydrogen-bond acceptors (Lipinski definition) is 3. The molecule has 0 fully saturated rings. The first-order chi connectivity index (χ1) is 8.22. The summed E-state index contributed by atoms with van der Waals surface area (Å²) < 4.78 is 17.4. The van der Waals surface area contributed by atoms with Gasteiger partial charge in [0.15, 0.2) is 10.6 Å². The summed E-state index contributed by atoms with van der Waals surface area (Å²) in [4.78, 5) is 1.15. The predicted molar refractivity (Wildman–Crippen MR) is 65.8 cm³/mol. The third-order valence-corrected chi connectivity index (χ3v) is 3.72. The van der Waals surface area contributed by atoms with Crippen LogP contribution >= 0.6 is 0 Å². The van der Waals surface area contributed by atoms with E-state index in [0.717, 1.165) is 0 Å². The van der Waals surface area contributed by atoms with Gasteiger partial charge in [-0.3, -0.25) is 0 Å². The number of phenols is 1. The summed E-state index contributed by atoms with van der Waals surface area (Å²) in [6.45, 7) is 0. The lowest BCUT2D eigenvalue weighted by Crippen LogP contribution is -2.04. The Morgan fingerprint density at radius 2 is 1.82 bits per heavy atom. The van der Waals surface area contributed by atoms with E-state index in [9.17, 15) is 9.66 Å². The first kappa shape index (κ1) is 11.8. The van der Waals surface area contributed by atoms with Gasteiger partial charge in [0.1, 0.15) is 5.75 Å². The summed E-state index contributed by atoms with van der Waals surface area (Å²) in [6, 6.07) is 13.6. The summed E-state index contributed by atoms with van der Waals surface area (Å²) in [5, 5.41) is 9.44. The van der Waals surface area contributed by atoms with E-state index in [2.05, 4.69) is 0 Å². The highest BCUT2D eigenvalue weighted by atomic mass is 32.2. The maximum absolute atomic E-state index is 12.3. The molecule has 0 aliphatic heterocycles. The fourth-order valence-electron chi connectivity index (χ4n) is 1.48. The van der Waals surface area contributed by atoms with E-state index in [-0.39, 0.29) is 5.75 Å². The van der Waals surface area contributed by atoms with Gasteiger partial charge in [-0.2, -0.15) is 0 Å². The molecule has 0 saturated carbocycles. The number of hydrogen-bond donors (Lipinski definition) is 1. The van der Waals surface area contributed by atoms with Crippen LogP contribution in [0.5, 0.6) is 11.5 Å². The van der Waals surface area contributed by atoms with E-state index < -0.39 is 11.2 Å². The average Bonchev–Trinajstić information content (AvgIpc) is 2.39. The molecule has 3 nitrogen and oxygen atoms in total. The van der Waals surface area contributed by atoms with Crippen LogP contribution in [0.25, 0.3) is 0 Å². The molecule has 0 aliphatic rings. The van der Waals surface area contributed by atoms with Crippen molar-refractivity contribution in [1.29, 1.82) is 0 Å². The molecule has 2 aromatic carbocycles. The Hall–Kier alpha value is -1.65. The highest BCUT2D eigenvalue weighted by Crippen LogP contribution is 2.31. The van der Waals surface area contributed by atoms with Crippen molar-refractivity contribution in [3.63, 3.8) is 0 Å². The second-order valence-electron chi connectivity index (χ2n) is 3.42. The SMILES string of the molecule is COc1ccc(O)cc1[S+]([O-])c1ccccc1. The first-order valence-electron chi connectivity index (χ1n) is 5.06. The van der Waals surface area contributed by atoms with Gasteiger partial charge in [0.25, 0.3) is 0 Å². The van der Waals surface area contributed by atoms with Crippen molar-refractivity contribution in [1.82, 2.24) is 0 Å². The smallest absolute Gasteiger partial charge is 0.204 e. The number of rotatable bonds is 3. The molecule has 1 unspecified atom stereocenters. The van der Waals surface area contributed by atoms with E-state index in [1.165, 1.54) is 19.2 Å². The molecule has 0 aromatic heterocycles. The number of methoxy groups -OCH3 is 1. The van der Waals surface area contributed by atoms with E-state index in [1.807, 2.05) is 18.2 Å². The Bertz CT molecular complexity index is 499. The lowest BCUT2D eigenvalue weighted by molar-refractivity contribution is 0.399. The fourth-order valence-corrected chi connectivity index (χ4v) is 2.70. The van der Waals surface area contributed by atoms with Crippen molar-refractivity contribution < 1.29 is 14.4 Å². The lowest BCUT2D eigenvalue weighted by atomic mass is 10.3. The number of aromatic hydroxyl groups is 1. The molecule has 2 aromatic rings. The summed E-state index contributed by atoms with van der Waals surface area (Å²) in [7, 11) is 1.51. The summed E-state index contributed by atoms with van der Waals surface area (Å²) in [5.74, 6) is 0.579. The summed E-state index contributed by atoms with van der Waals surface area (Å²) in [5.41, 5.74) is 0. The number of benzene rings is 2. The summed E-state index contributed by atoms with van der Waals surface area (Å²) in [6.07, 6.45) is 0. The number of phenolic OH excluding ortho intramolecular Hbond substituents is 1. The first-order valence-corrected chi connectivity index (χ1v) is 6.21. The van der Waals surface area contributed by atoms with Crippen molar-refractivity contribution >= 4 is 11.2 Å². The molecule has 0 amide bonds. The van der Waals surface area contributed by atoms with Crippen LogP contribution < -0.4 is 4.74 Å². The monoisotopic (exact) mass is 248 g/mol. The molecule has 1 atom stereocenters. The van der Waals surface area contributed by atoms with Gasteiger partial charge in [-0.15, -0.1) is 0 Å². The van der Waals surface area contributed by atoms with Gasteiger partial charge in [0, 0.05) is 17.2 Å². The van der Waals surface area contributed by atoms with Crippen LogP contribution in [0.2, 0.25) is 0 Å². The van der Waals surface area contributed by atoms with E-state index in [0.29, 0.717) is 15.5 Å². The second-order valence-corrected chi connectivity index (χ2v) is 4.87. The molecular weight excluding hydrogens is 236 g/mol. The zero-order chi connectivity index (χ0) is 12.3. The van der Waals surface area contributed by atoms with Gasteiger partial charge in [0.2, 0.25) is 4.90 Å². The van der Waals surface area contributed by atoms with Crippen molar-refractivity contribution in [2.24, 2.45) is 0 Å². The summed E-state index contributed by atoms with van der Waals surface area (Å²) >= 11 is -1.35. The van der Waals surface area contributed by atoms with Crippen LogP contribution in [0, 0.1) is 0 Å². The Morgan fingerprint density at radius 1 is 1.12 bits per heavy atom. The van der Waals surface area contributed by atoms with Crippen LogP contribution in [0.3, 0.4) is 0 Å². The molecular formula is C13H12O3S. The van der Waals surface area contributed by atoms with Crippen LogP contribution in [0.4, 0.5) is 0 Å². The molecule has 2 rings (SSSR count). The zero-order valence-corrected chi connectivity index (χ0v) is 10.1. The quantitative estimate of drug-likeness (QED) is 0.849. The molecule has 17 heavy (non-hydrogen) atoms. The molecule has 4 heteroatoms. The maximum atomic E-state index is 12.3. The van der Waals surface area contributed by atoms with Gasteiger partial charge in [-0.25, -0.2) is 0 Å². The van der Waals surface area contributed by atoms with Crippen molar-refractivity contribution in [2.45, 2.75) is 9.79 Å². The van der Waals surface area contributed by atoms with Gasteiger partial charge < -0.3 is 14.4 Å². The Morgan fingerprint density at radius 3 is 2.47 bits per heavy atom. The minimum atomic E-state index is -1.35. The molecule has 0 heterocycles. The molecule has 0 spiro atoms. The van der Waals surface area contributed by atoms with Crippen molar-refractivity contribution in [3.8, 4) is 11.5 Å². The van der Waals surface area contributed by atoms with Crippen molar-refractivity contribution in [2.75, 3.05) is 7.11 Å². The molecule has 1 N–H and O–H groups in total. The topological polar surface area (TPSA) is 52.5 Å². The fraction of sp³-hybridized carbons (Fsp3) is 0.0769. The van der Waals surface area contributed by atoms with E-state index >= 15 is 0 Å². The molecule has 0 radical (unpaired) electrons. The van der Waals surface area contributed by atoms with E-state index in [1.54, 1.807) is 18.2 Å². The predicted octanol–water partition coefficient (Wildman–Crippen LogP) is 2.57. The van der Waals surface area contributed by atoms with Crippen molar-refractivity contribution in [3.05, 3.63) is 48.5 Å². The minimum absolute atomic E-state index is 0.0741. The third kappa shape index (κ3) is 2.54. The van der Waals surface area contributed by atoms with Crippen LogP contribution in [-0.2, 0) is 11.2 Å².